The summed E-state index contributed by atoms with van der Waals surface area (Å²) in [5, 5.41) is 0. The predicted molar refractivity (Wildman–Crippen MR) is 53.9 cm³/mol. The molecule has 0 unspecified atom stereocenters. The van der Waals surface area contributed by atoms with Gasteiger partial charge in [-0.1, -0.05) is 13.0 Å². The highest BCUT2D eigenvalue weighted by Gasteiger charge is 2.36. The molecule has 0 N–H and O–H groups in total. The second kappa shape index (κ2) is 4.60. The van der Waals surface area contributed by atoms with Crippen LogP contribution in [0.3, 0.4) is 0 Å². The van der Waals surface area contributed by atoms with Crippen LogP contribution in [0.1, 0.15) is 20.3 Å². The molecule has 0 radical (unpaired) electrons. The van der Waals surface area contributed by atoms with Crippen LogP contribution in [0, 0.1) is 11.3 Å². The summed E-state index contributed by atoms with van der Waals surface area (Å²) in [5.41, 5.74) is 0.0418. The van der Waals surface area contributed by atoms with E-state index in [2.05, 4.69) is 13.5 Å². The molecule has 1 saturated heterocycles. The van der Waals surface area contributed by atoms with Crippen LogP contribution in [0.2, 0.25) is 0 Å². The van der Waals surface area contributed by atoms with Crippen LogP contribution in [-0.4, -0.2) is 25.8 Å². The van der Waals surface area contributed by atoms with Crippen LogP contribution in [0.4, 0.5) is 0 Å². The van der Waals surface area contributed by atoms with E-state index in [1.807, 2.05) is 6.08 Å². The Bertz CT molecular complexity index is 225. The highest BCUT2D eigenvalue weighted by Crippen LogP contribution is 2.37. The van der Waals surface area contributed by atoms with Gasteiger partial charge in [0.25, 0.3) is 0 Å². The van der Waals surface area contributed by atoms with E-state index < -0.39 is 0 Å². The highest BCUT2D eigenvalue weighted by molar-refractivity contribution is 5.65. The second-order valence-electron chi connectivity index (χ2n) is 4.05. The molecular weight excluding hydrogens is 180 g/mol. The molecule has 80 valence electrons. The van der Waals surface area contributed by atoms with Gasteiger partial charge in [0, 0.05) is 12.3 Å². The number of esters is 1. The van der Waals surface area contributed by atoms with Crippen LogP contribution in [-0.2, 0) is 14.3 Å². The molecule has 0 saturated carbocycles. The first kappa shape index (κ1) is 11.2. The molecule has 0 amide bonds. The summed E-state index contributed by atoms with van der Waals surface area (Å²) in [5.74, 6) is 0.198. The Morgan fingerprint density at radius 2 is 2.50 bits per heavy atom. The van der Waals surface area contributed by atoms with Gasteiger partial charge in [0.1, 0.15) is 0 Å². The third kappa shape index (κ3) is 2.58. The molecule has 3 heteroatoms. The van der Waals surface area contributed by atoms with Crippen molar-refractivity contribution >= 4 is 5.97 Å². The van der Waals surface area contributed by atoms with Crippen molar-refractivity contribution in [2.75, 3.05) is 19.8 Å². The standard InChI is InChI=1S/C11H18O3/c1-4-11(3)8-13-7-10(11)5-6-14-9(2)12/h4,10H,1,5-8H2,2-3H3/t10-,11+/m0/s1. The van der Waals surface area contributed by atoms with Crippen LogP contribution in [0.15, 0.2) is 12.7 Å². The van der Waals surface area contributed by atoms with Crippen LogP contribution in [0.5, 0.6) is 0 Å². The van der Waals surface area contributed by atoms with Gasteiger partial charge in [-0.3, -0.25) is 4.79 Å². The monoisotopic (exact) mass is 198 g/mol. The number of carbonyl (C=O) groups excluding carboxylic acids is 1. The molecule has 1 heterocycles. The zero-order valence-corrected chi connectivity index (χ0v) is 8.91. The summed E-state index contributed by atoms with van der Waals surface area (Å²) in [4.78, 5) is 10.6. The lowest BCUT2D eigenvalue weighted by atomic mass is 9.78. The van der Waals surface area contributed by atoms with Gasteiger partial charge in [-0.05, 0) is 12.3 Å². The second-order valence-corrected chi connectivity index (χ2v) is 4.05. The Morgan fingerprint density at radius 1 is 1.79 bits per heavy atom. The average Bonchev–Trinajstić information content (AvgIpc) is 2.48. The Kier molecular flexibility index (Phi) is 3.69. The minimum absolute atomic E-state index is 0.0418. The summed E-state index contributed by atoms with van der Waals surface area (Å²) in [6.45, 7) is 9.32. The van der Waals surface area contributed by atoms with Crippen LogP contribution in [0.25, 0.3) is 0 Å². The summed E-state index contributed by atoms with van der Waals surface area (Å²) in [6, 6.07) is 0. The van der Waals surface area contributed by atoms with E-state index >= 15 is 0 Å². The van der Waals surface area contributed by atoms with E-state index in [0.717, 1.165) is 19.6 Å². The highest BCUT2D eigenvalue weighted by atomic mass is 16.5. The van der Waals surface area contributed by atoms with E-state index in [9.17, 15) is 4.79 Å². The Labute approximate surface area is 85.1 Å². The normalized spacial score (nSPS) is 31.4. The van der Waals surface area contributed by atoms with Gasteiger partial charge in [0.15, 0.2) is 0 Å². The summed E-state index contributed by atoms with van der Waals surface area (Å²) in [6.07, 6.45) is 2.79. The lowest BCUT2D eigenvalue weighted by Gasteiger charge is -2.25. The smallest absolute Gasteiger partial charge is 0.302 e. The van der Waals surface area contributed by atoms with E-state index in [4.69, 9.17) is 9.47 Å². The van der Waals surface area contributed by atoms with Crippen molar-refractivity contribution in [3.05, 3.63) is 12.7 Å². The van der Waals surface area contributed by atoms with Crippen molar-refractivity contribution in [3.63, 3.8) is 0 Å². The van der Waals surface area contributed by atoms with Gasteiger partial charge in [-0.2, -0.15) is 0 Å². The van der Waals surface area contributed by atoms with Gasteiger partial charge in [-0.25, -0.2) is 0 Å². The molecule has 1 rings (SSSR count). The van der Waals surface area contributed by atoms with E-state index in [1.165, 1.54) is 6.92 Å². The molecule has 1 aliphatic heterocycles. The van der Waals surface area contributed by atoms with Gasteiger partial charge >= 0.3 is 5.97 Å². The first-order chi connectivity index (χ1) is 6.58. The molecule has 0 spiro atoms. The first-order valence-corrected chi connectivity index (χ1v) is 4.93. The Morgan fingerprint density at radius 3 is 3.07 bits per heavy atom. The maximum atomic E-state index is 10.6. The number of hydrogen-bond acceptors (Lipinski definition) is 3. The molecule has 1 fully saturated rings. The molecule has 0 bridgehead atoms. The topological polar surface area (TPSA) is 35.5 Å². The predicted octanol–water partition coefficient (Wildman–Crippen LogP) is 1.78. The largest absolute Gasteiger partial charge is 0.466 e. The Hall–Kier alpha value is -0.830. The SMILES string of the molecule is C=C[C@]1(C)COC[C@@H]1CCOC(C)=O. The van der Waals surface area contributed by atoms with Gasteiger partial charge < -0.3 is 9.47 Å². The van der Waals surface area contributed by atoms with Crippen molar-refractivity contribution in [1.29, 1.82) is 0 Å². The maximum absolute atomic E-state index is 10.6. The van der Waals surface area contributed by atoms with Crippen molar-refractivity contribution in [2.45, 2.75) is 20.3 Å². The molecule has 0 aliphatic carbocycles. The fourth-order valence-corrected chi connectivity index (χ4v) is 1.71. The minimum atomic E-state index is -0.218. The fourth-order valence-electron chi connectivity index (χ4n) is 1.71. The number of rotatable bonds is 4. The van der Waals surface area contributed by atoms with Crippen LogP contribution >= 0.6 is 0 Å². The summed E-state index contributed by atoms with van der Waals surface area (Å²) >= 11 is 0. The number of hydrogen-bond donors (Lipinski definition) is 0. The molecule has 2 atom stereocenters. The van der Waals surface area contributed by atoms with Crippen molar-refractivity contribution in [3.8, 4) is 0 Å². The molecule has 0 aromatic carbocycles. The van der Waals surface area contributed by atoms with E-state index in [-0.39, 0.29) is 11.4 Å². The lowest BCUT2D eigenvalue weighted by Crippen LogP contribution is -2.24. The summed E-state index contributed by atoms with van der Waals surface area (Å²) < 4.78 is 10.3. The number of ether oxygens (including phenoxy) is 2. The summed E-state index contributed by atoms with van der Waals surface area (Å²) in [7, 11) is 0. The lowest BCUT2D eigenvalue weighted by molar-refractivity contribution is -0.141. The van der Waals surface area contributed by atoms with E-state index in [0.29, 0.717) is 12.5 Å². The first-order valence-electron chi connectivity index (χ1n) is 4.93. The van der Waals surface area contributed by atoms with Gasteiger partial charge in [0.2, 0.25) is 0 Å². The van der Waals surface area contributed by atoms with Crippen molar-refractivity contribution in [2.24, 2.45) is 11.3 Å². The third-order valence-corrected chi connectivity index (χ3v) is 2.90. The average molecular weight is 198 g/mol. The zero-order chi connectivity index (χ0) is 10.6. The zero-order valence-electron chi connectivity index (χ0n) is 8.91. The van der Waals surface area contributed by atoms with Crippen LogP contribution < -0.4 is 0 Å². The Balaban J connectivity index is 2.36. The quantitative estimate of drug-likeness (QED) is 0.510. The molecule has 1 aliphatic rings. The third-order valence-electron chi connectivity index (χ3n) is 2.90. The van der Waals surface area contributed by atoms with Gasteiger partial charge in [-0.15, -0.1) is 6.58 Å². The minimum Gasteiger partial charge on any atom is -0.466 e. The number of carbonyl (C=O) groups is 1. The fraction of sp³-hybridized carbons (Fsp3) is 0.727. The van der Waals surface area contributed by atoms with Crippen molar-refractivity contribution < 1.29 is 14.3 Å². The van der Waals surface area contributed by atoms with Crippen molar-refractivity contribution in [1.82, 2.24) is 0 Å². The molecule has 0 aromatic heterocycles. The molecule has 0 aromatic rings. The molecule has 14 heavy (non-hydrogen) atoms. The van der Waals surface area contributed by atoms with E-state index in [1.54, 1.807) is 0 Å². The maximum Gasteiger partial charge on any atom is 0.302 e. The molecular formula is C11H18O3. The van der Waals surface area contributed by atoms with Gasteiger partial charge in [0.05, 0.1) is 19.8 Å². The molecule has 3 nitrogen and oxygen atoms in total.